The van der Waals surface area contributed by atoms with E-state index in [0.717, 1.165) is 0 Å². The van der Waals surface area contributed by atoms with Crippen LogP contribution in [0.25, 0.3) is 0 Å². The molecule has 3 atom stereocenters. The van der Waals surface area contributed by atoms with Crippen molar-refractivity contribution in [2.75, 3.05) is 6.54 Å². The van der Waals surface area contributed by atoms with Gasteiger partial charge in [0.25, 0.3) is 0 Å². The molecule has 6 N–H and O–H groups in total. The van der Waals surface area contributed by atoms with Gasteiger partial charge in [0.1, 0.15) is 18.2 Å². The van der Waals surface area contributed by atoms with Crippen molar-refractivity contribution in [1.82, 2.24) is 5.32 Å². The van der Waals surface area contributed by atoms with Crippen molar-refractivity contribution in [1.29, 1.82) is 0 Å². The Morgan fingerprint density at radius 1 is 1.47 bits per heavy atom. The molecule has 1 unspecified atom stereocenters. The van der Waals surface area contributed by atoms with Crippen LogP contribution < -0.4 is 16.8 Å². The molecule has 1 amide bonds. The lowest BCUT2D eigenvalue weighted by atomic mass is 10.1. The number of carbonyl (C=O) groups is 3. The number of esters is 1. The molecule has 1 aliphatic rings. The maximum atomic E-state index is 11.4. The molecule has 0 aliphatic carbocycles. The maximum absolute atomic E-state index is 11.4. The van der Waals surface area contributed by atoms with Gasteiger partial charge in [-0.1, -0.05) is 0 Å². The number of hydrogen-bond donors (Lipinski definition) is 4. The minimum Gasteiger partial charge on any atom is -0.480 e. The number of nitrogens with one attached hydrogen (secondary N) is 1. The molecule has 0 saturated carbocycles. The van der Waals surface area contributed by atoms with E-state index in [2.05, 4.69) is 5.32 Å². The second-order valence-corrected chi connectivity index (χ2v) is 3.81. The van der Waals surface area contributed by atoms with Crippen molar-refractivity contribution in [3.8, 4) is 0 Å². The summed E-state index contributed by atoms with van der Waals surface area (Å²) >= 11 is 0. The fraction of sp³-hybridized carbons (Fsp3) is 0.667. The summed E-state index contributed by atoms with van der Waals surface area (Å²) in [5.41, 5.74) is 10.3. The van der Waals surface area contributed by atoms with Gasteiger partial charge in [0.2, 0.25) is 5.91 Å². The zero-order valence-electron chi connectivity index (χ0n) is 9.09. The van der Waals surface area contributed by atoms with Crippen molar-refractivity contribution >= 4 is 17.8 Å². The molecule has 96 valence electrons. The molecule has 0 aromatic carbocycles. The van der Waals surface area contributed by atoms with E-state index in [9.17, 15) is 14.4 Å². The molecule has 1 aliphatic heterocycles. The van der Waals surface area contributed by atoms with E-state index in [4.69, 9.17) is 21.3 Å². The lowest BCUT2D eigenvalue weighted by Crippen LogP contribution is -2.44. The second kappa shape index (κ2) is 5.60. The van der Waals surface area contributed by atoms with E-state index in [1.807, 2.05) is 0 Å². The number of carbonyl (C=O) groups excluding carboxylic acids is 2. The van der Waals surface area contributed by atoms with Crippen LogP contribution in [0, 0.1) is 0 Å². The SMILES string of the molecule is NC(=O)C[C@H](N)C(=O)OC1CCN[C@@H]1C(=O)O. The molecule has 0 aromatic heterocycles. The standard InChI is InChI=1S/C9H15N3O5/c10-4(3-6(11)13)9(16)17-5-1-2-12-7(5)8(14)15/h4-5,7,12H,1-3,10H2,(H2,11,13)(H,14,15)/t4-,5?,7-/m0/s1. The monoisotopic (exact) mass is 245 g/mol. The fourth-order valence-electron chi connectivity index (χ4n) is 1.59. The molecule has 8 heteroatoms. The van der Waals surface area contributed by atoms with Crippen LogP contribution in [0.15, 0.2) is 0 Å². The fourth-order valence-corrected chi connectivity index (χ4v) is 1.59. The van der Waals surface area contributed by atoms with Gasteiger partial charge in [0, 0.05) is 0 Å². The Balaban J connectivity index is 2.50. The summed E-state index contributed by atoms with van der Waals surface area (Å²) in [6.45, 7) is 0.444. The predicted molar refractivity (Wildman–Crippen MR) is 55.7 cm³/mol. The predicted octanol–water partition coefficient (Wildman–Crippen LogP) is -2.45. The van der Waals surface area contributed by atoms with Crippen LogP contribution in [0.1, 0.15) is 12.8 Å². The average molecular weight is 245 g/mol. The minimum absolute atomic E-state index is 0.323. The van der Waals surface area contributed by atoms with Gasteiger partial charge >= 0.3 is 11.9 Å². The molecule has 1 rings (SSSR count). The highest BCUT2D eigenvalue weighted by Gasteiger charge is 2.36. The zero-order valence-corrected chi connectivity index (χ0v) is 9.09. The second-order valence-electron chi connectivity index (χ2n) is 3.81. The minimum atomic E-state index is -1.15. The smallest absolute Gasteiger partial charge is 0.324 e. The molecule has 1 heterocycles. The van der Waals surface area contributed by atoms with E-state index in [0.29, 0.717) is 13.0 Å². The number of carboxylic acid groups (broad SMARTS) is 1. The van der Waals surface area contributed by atoms with Crippen LogP contribution in [0.3, 0.4) is 0 Å². The number of nitrogens with two attached hydrogens (primary N) is 2. The first-order valence-electron chi connectivity index (χ1n) is 5.12. The third-order valence-corrected chi connectivity index (χ3v) is 2.42. The summed E-state index contributed by atoms with van der Waals surface area (Å²) < 4.78 is 4.93. The van der Waals surface area contributed by atoms with E-state index in [1.54, 1.807) is 0 Å². The number of hydrogen-bond acceptors (Lipinski definition) is 6. The average Bonchev–Trinajstić information content (AvgIpc) is 2.64. The van der Waals surface area contributed by atoms with Crippen LogP contribution >= 0.6 is 0 Å². The first-order valence-corrected chi connectivity index (χ1v) is 5.12. The lowest BCUT2D eigenvalue weighted by Gasteiger charge is -2.18. The van der Waals surface area contributed by atoms with Crippen LogP contribution in [0.4, 0.5) is 0 Å². The molecule has 0 spiro atoms. The molecule has 1 fully saturated rings. The molecule has 17 heavy (non-hydrogen) atoms. The number of carboxylic acids is 1. The van der Waals surface area contributed by atoms with Crippen LogP contribution in [0.5, 0.6) is 0 Å². The van der Waals surface area contributed by atoms with Crippen molar-refractivity contribution in [3.05, 3.63) is 0 Å². The van der Waals surface area contributed by atoms with E-state index in [-0.39, 0.29) is 6.42 Å². The van der Waals surface area contributed by atoms with Crippen LogP contribution in [-0.4, -0.2) is 47.7 Å². The summed E-state index contributed by atoms with van der Waals surface area (Å²) in [6, 6.07) is -2.08. The van der Waals surface area contributed by atoms with Crippen molar-refractivity contribution in [2.24, 2.45) is 11.5 Å². The normalized spacial score (nSPS) is 25.2. The molecule has 0 radical (unpaired) electrons. The Hall–Kier alpha value is -1.67. The molecule has 0 aromatic rings. The van der Waals surface area contributed by atoms with E-state index >= 15 is 0 Å². The van der Waals surface area contributed by atoms with Gasteiger partial charge in [0.05, 0.1) is 6.42 Å². The largest absolute Gasteiger partial charge is 0.480 e. The molecular weight excluding hydrogens is 230 g/mol. The van der Waals surface area contributed by atoms with Crippen LogP contribution in [0.2, 0.25) is 0 Å². The summed E-state index contributed by atoms with van der Waals surface area (Å²) in [6.07, 6.45) is -0.693. The van der Waals surface area contributed by atoms with Crippen molar-refractivity contribution in [3.63, 3.8) is 0 Å². The summed E-state index contributed by atoms with van der Waals surface area (Å²) in [7, 11) is 0. The molecule has 8 nitrogen and oxygen atoms in total. The maximum Gasteiger partial charge on any atom is 0.324 e. The van der Waals surface area contributed by atoms with Gasteiger partial charge in [-0.25, -0.2) is 0 Å². The van der Waals surface area contributed by atoms with Gasteiger partial charge in [-0.05, 0) is 13.0 Å². The Labute approximate surface area is 97.3 Å². The summed E-state index contributed by atoms with van der Waals surface area (Å²) in [5.74, 6) is -2.62. The first-order chi connectivity index (χ1) is 7.91. The highest BCUT2D eigenvalue weighted by atomic mass is 16.5. The molecule has 1 saturated heterocycles. The number of aliphatic carboxylic acids is 1. The number of rotatable bonds is 5. The lowest BCUT2D eigenvalue weighted by molar-refractivity contribution is -0.155. The first kappa shape index (κ1) is 13.4. The molecular formula is C9H15N3O5. The Morgan fingerprint density at radius 2 is 2.12 bits per heavy atom. The Bertz CT molecular complexity index is 333. The van der Waals surface area contributed by atoms with Gasteiger partial charge in [-0.2, -0.15) is 0 Å². The van der Waals surface area contributed by atoms with Gasteiger partial charge in [-0.3, -0.25) is 14.4 Å². The van der Waals surface area contributed by atoms with Crippen molar-refractivity contribution < 1.29 is 24.2 Å². The molecule has 0 bridgehead atoms. The van der Waals surface area contributed by atoms with Gasteiger partial charge in [0.15, 0.2) is 0 Å². The Morgan fingerprint density at radius 3 is 2.65 bits per heavy atom. The summed E-state index contributed by atoms with van der Waals surface area (Å²) in [5, 5.41) is 11.5. The quantitative estimate of drug-likeness (QED) is 0.393. The Kier molecular flexibility index (Phi) is 4.41. The summed E-state index contributed by atoms with van der Waals surface area (Å²) in [4.78, 5) is 32.8. The number of amides is 1. The highest BCUT2D eigenvalue weighted by molar-refractivity contribution is 5.84. The van der Waals surface area contributed by atoms with E-state index < -0.39 is 36.0 Å². The van der Waals surface area contributed by atoms with Gasteiger partial charge in [-0.15, -0.1) is 0 Å². The highest BCUT2D eigenvalue weighted by Crippen LogP contribution is 2.12. The number of primary amides is 1. The van der Waals surface area contributed by atoms with Crippen molar-refractivity contribution in [2.45, 2.75) is 31.0 Å². The van der Waals surface area contributed by atoms with Gasteiger partial charge < -0.3 is 26.6 Å². The topological polar surface area (TPSA) is 145 Å². The van der Waals surface area contributed by atoms with E-state index in [1.165, 1.54) is 0 Å². The van der Waals surface area contributed by atoms with Crippen LogP contribution in [-0.2, 0) is 19.1 Å². The zero-order chi connectivity index (χ0) is 13.0. The third kappa shape index (κ3) is 3.68. The third-order valence-electron chi connectivity index (χ3n) is 2.42. The number of ether oxygens (including phenoxy) is 1.